The van der Waals surface area contributed by atoms with Gasteiger partial charge in [-0.25, -0.2) is 19.0 Å². The highest BCUT2D eigenvalue weighted by Crippen LogP contribution is 2.20. The molecular formula is C24H23FN2O5. The van der Waals surface area contributed by atoms with Crippen molar-refractivity contribution in [3.63, 3.8) is 0 Å². The highest BCUT2D eigenvalue weighted by Gasteiger charge is 2.28. The Morgan fingerprint density at radius 1 is 1.09 bits per heavy atom. The van der Waals surface area contributed by atoms with E-state index < -0.39 is 23.9 Å². The quantitative estimate of drug-likeness (QED) is 0.523. The fourth-order valence-corrected chi connectivity index (χ4v) is 3.09. The van der Waals surface area contributed by atoms with Gasteiger partial charge in [-0.1, -0.05) is 49.4 Å². The van der Waals surface area contributed by atoms with Crippen LogP contribution >= 0.6 is 0 Å². The van der Waals surface area contributed by atoms with Crippen molar-refractivity contribution in [1.82, 2.24) is 5.32 Å². The van der Waals surface area contributed by atoms with Crippen molar-refractivity contribution >= 4 is 23.7 Å². The first-order valence-corrected chi connectivity index (χ1v) is 10.2. The van der Waals surface area contributed by atoms with Crippen LogP contribution in [0.15, 0.2) is 71.4 Å². The van der Waals surface area contributed by atoms with Gasteiger partial charge in [0.05, 0.1) is 0 Å². The van der Waals surface area contributed by atoms with Crippen LogP contribution in [0.5, 0.6) is 0 Å². The van der Waals surface area contributed by atoms with E-state index in [-0.39, 0.29) is 31.2 Å². The predicted molar refractivity (Wildman–Crippen MR) is 115 cm³/mol. The van der Waals surface area contributed by atoms with Gasteiger partial charge in [-0.15, -0.1) is 0 Å². The number of ketones is 1. The standard InChI is InChI=1S/C24H23FN2O5/c1-2-21(28)23(29)32-22-20(27-24(30)31-15-16-7-4-3-5-8-16)13-18(14-26-22)11-17-9-6-10-19(25)12-17/h3-10,12,14,20H,2,11,13,15H2,1H3,(H,27,30). The van der Waals surface area contributed by atoms with Crippen LogP contribution in [-0.2, 0) is 32.1 Å². The molecule has 1 unspecified atom stereocenters. The molecule has 2 aromatic rings. The van der Waals surface area contributed by atoms with E-state index in [0.29, 0.717) is 6.42 Å². The second-order valence-corrected chi connectivity index (χ2v) is 7.19. The number of aliphatic imine (C=N–C) groups is 1. The molecule has 0 saturated heterocycles. The second-order valence-electron chi connectivity index (χ2n) is 7.19. The molecule has 32 heavy (non-hydrogen) atoms. The Labute approximate surface area is 184 Å². The highest BCUT2D eigenvalue weighted by atomic mass is 19.1. The number of hydrogen-bond donors (Lipinski definition) is 1. The topological polar surface area (TPSA) is 94.1 Å². The fourth-order valence-electron chi connectivity index (χ4n) is 3.09. The lowest BCUT2D eigenvalue weighted by Gasteiger charge is -2.24. The minimum absolute atomic E-state index is 0.00993. The largest absolute Gasteiger partial charge is 0.445 e. The molecule has 1 heterocycles. The molecule has 0 aromatic heterocycles. The van der Waals surface area contributed by atoms with Gasteiger partial charge in [-0.05, 0) is 41.7 Å². The van der Waals surface area contributed by atoms with Crippen molar-refractivity contribution < 1.29 is 28.2 Å². The third-order valence-corrected chi connectivity index (χ3v) is 4.71. The van der Waals surface area contributed by atoms with E-state index in [1.165, 1.54) is 18.3 Å². The molecule has 8 heteroatoms. The molecule has 1 atom stereocenters. The highest BCUT2D eigenvalue weighted by molar-refractivity contribution is 6.35. The Morgan fingerprint density at radius 3 is 2.56 bits per heavy atom. The van der Waals surface area contributed by atoms with Gasteiger partial charge < -0.3 is 14.8 Å². The lowest BCUT2D eigenvalue weighted by atomic mass is 9.97. The van der Waals surface area contributed by atoms with Crippen LogP contribution in [0, 0.1) is 5.82 Å². The van der Waals surface area contributed by atoms with Gasteiger partial charge in [-0.3, -0.25) is 4.79 Å². The average molecular weight is 438 g/mol. The smallest absolute Gasteiger partial charge is 0.408 e. The molecule has 1 amide bonds. The molecule has 0 saturated carbocycles. The third-order valence-electron chi connectivity index (χ3n) is 4.71. The first kappa shape index (κ1) is 22.9. The molecule has 7 nitrogen and oxygen atoms in total. The second kappa shape index (κ2) is 11.0. The number of alkyl carbamates (subject to hydrolysis) is 1. The summed E-state index contributed by atoms with van der Waals surface area (Å²) in [5.41, 5.74) is 2.33. The number of carbonyl (C=O) groups is 3. The Bertz CT molecular complexity index is 1050. The number of Topliss-reactive ketones (excluding diaryl/α,β-unsaturated/α-hetero) is 1. The van der Waals surface area contributed by atoms with Crippen LogP contribution in [0.4, 0.5) is 9.18 Å². The first-order valence-electron chi connectivity index (χ1n) is 10.2. The maximum atomic E-state index is 13.5. The van der Waals surface area contributed by atoms with E-state index >= 15 is 0 Å². The van der Waals surface area contributed by atoms with E-state index in [0.717, 1.165) is 16.7 Å². The number of ether oxygens (including phenoxy) is 2. The molecule has 1 aliphatic heterocycles. The van der Waals surface area contributed by atoms with Gasteiger partial charge in [0.15, 0.2) is 0 Å². The van der Waals surface area contributed by atoms with E-state index in [4.69, 9.17) is 9.47 Å². The first-order chi connectivity index (χ1) is 15.4. The summed E-state index contributed by atoms with van der Waals surface area (Å²) in [6, 6.07) is 14.5. The van der Waals surface area contributed by atoms with E-state index in [2.05, 4.69) is 10.3 Å². The van der Waals surface area contributed by atoms with Crippen LogP contribution < -0.4 is 5.32 Å². The summed E-state index contributed by atoms with van der Waals surface area (Å²) in [4.78, 5) is 40.0. The maximum Gasteiger partial charge on any atom is 0.408 e. The summed E-state index contributed by atoms with van der Waals surface area (Å²) in [5.74, 6) is -2.20. The number of rotatable bonds is 7. The molecule has 2 aromatic carbocycles. The van der Waals surface area contributed by atoms with E-state index in [1.54, 1.807) is 19.1 Å². The van der Waals surface area contributed by atoms with Crippen molar-refractivity contribution in [2.45, 2.75) is 38.8 Å². The molecule has 166 valence electrons. The van der Waals surface area contributed by atoms with Crippen LogP contribution in [-0.4, -0.2) is 29.8 Å². The SMILES string of the molecule is CCC(=O)C(=O)OC1=NC=C(Cc2cccc(F)c2)CC1NC(=O)OCc1ccccc1. The van der Waals surface area contributed by atoms with Crippen LogP contribution in [0.25, 0.3) is 0 Å². The average Bonchev–Trinajstić information content (AvgIpc) is 2.79. The Morgan fingerprint density at radius 2 is 1.84 bits per heavy atom. The zero-order chi connectivity index (χ0) is 22.9. The third kappa shape index (κ3) is 6.60. The van der Waals surface area contributed by atoms with Crippen LogP contribution in [0.2, 0.25) is 0 Å². The van der Waals surface area contributed by atoms with Gasteiger partial charge in [0.2, 0.25) is 11.7 Å². The summed E-state index contributed by atoms with van der Waals surface area (Å²) < 4.78 is 23.9. The van der Waals surface area contributed by atoms with Gasteiger partial charge in [0, 0.05) is 12.6 Å². The van der Waals surface area contributed by atoms with Crippen molar-refractivity contribution in [3.05, 3.63) is 83.3 Å². The summed E-state index contributed by atoms with van der Waals surface area (Å²) in [6.45, 7) is 1.60. The monoisotopic (exact) mass is 438 g/mol. The molecule has 0 spiro atoms. The Hall–Kier alpha value is -3.81. The van der Waals surface area contributed by atoms with Crippen LogP contribution in [0.3, 0.4) is 0 Å². The molecule has 1 aliphatic rings. The summed E-state index contributed by atoms with van der Waals surface area (Å²) in [5, 5.41) is 2.63. The van der Waals surface area contributed by atoms with Crippen molar-refractivity contribution in [2.75, 3.05) is 0 Å². The number of carbonyl (C=O) groups excluding carboxylic acids is 3. The number of nitrogens with one attached hydrogen (secondary N) is 1. The number of benzene rings is 2. The molecule has 0 fully saturated rings. The number of amides is 1. The lowest BCUT2D eigenvalue weighted by molar-refractivity contribution is -0.148. The van der Waals surface area contributed by atoms with E-state index in [9.17, 15) is 18.8 Å². The lowest BCUT2D eigenvalue weighted by Crippen LogP contribution is -2.44. The number of hydrogen-bond acceptors (Lipinski definition) is 6. The van der Waals surface area contributed by atoms with Gasteiger partial charge in [-0.2, -0.15) is 0 Å². The van der Waals surface area contributed by atoms with Gasteiger partial charge in [0.1, 0.15) is 18.5 Å². The van der Waals surface area contributed by atoms with E-state index in [1.807, 2.05) is 30.3 Å². The molecule has 3 rings (SSSR count). The molecule has 1 N–H and O–H groups in total. The Balaban J connectivity index is 1.70. The van der Waals surface area contributed by atoms with Crippen molar-refractivity contribution in [3.8, 4) is 0 Å². The van der Waals surface area contributed by atoms with Crippen molar-refractivity contribution in [2.24, 2.45) is 4.99 Å². The number of esters is 1. The summed E-state index contributed by atoms with van der Waals surface area (Å²) >= 11 is 0. The maximum absolute atomic E-state index is 13.5. The minimum Gasteiger partial charge on any atom is -0.445 e. The number of nitrogens with zero attached hydrogens (tertiary/aromatic N) is 1. The molecular weight excluding hydrogens is 415 g/mol. The fraction of sp³-hybridized carbons (Fsp3) is 0.250. The zero-order valence-electron chi connectivity index (χ0n) is 17.5. The zero-order valence-corrected chi connectivity index (χ0v) is 17.5. The van der Waals surface area contributed by atoms with Gasteiger partial charge >= 0.3 is 12.1 Å². The Kier molecular flexibility index (Phi) is 7.85. The molecule has 0 aliphatic carbocycles. The predicted octanol–water partition coefficient (Wildman–Crippen LogP) is 3.87. The molecule has 0 bridgehead atoms. The minimum atomic E-state index is -1.04. The van der Waals surface area contributed by atoms with Crippen molar-refractivity contribution in [1.29, 1.82) is 0 Å². The normalized spacial score (nSPS) is 15.2. The molecule has 0 radical (unpaired) electrons. The number of halogens is 1. The van der Waals surface area contributed by atoms with Gasteiger partial charge in [0.25, 0.3) is 0 Å². The summed E-state index contributed by atoms with van der Waals surface area (Å²) in [6.07, 6.45) is 1.41. The van der Waals surface area contributed by atoms with Crippen LogP contribution in [0.1, 0.15) is 30.9 Å². The summed E-state index contributed by atoms with van der Waals surface area (Å²) in [7, 11) is 0.